The molecule has 0 aromatic heterocycles. The van der Waals surface area contributed by atoms with Crippen molar-refractivity contribution in [2.45, 2.75) is 64.8 Å². The summed E-state index contributed by atoms with van der Waals surface area (Å²) >= 11 is 0. The molecule has 0 aromatic rings. The number of carboxylic acids is 1. The summed E-state index contributed by atoms with van der Waals surface area (Å²) < 4.78 is 0. The van der Waals surface area contributed by atoms with Crippen molar-refractivity contribution in [2.24, 2.45) is 17.8 Å². The van der Waals surface area contributed by atoms with Crippen molar-refractivity contribution >= 4 is 17.9 Å². The Kier molecular flexibility index (Phi) is 7.72. The van der Waals surface area contributed by atoms with E-state index in [4.69, 9.17) is 5.11 Å². The van der Waals surface area contributed by atoms with Crippen LogP contribution < -0.4 is 10.6 Å². The zero-order chi connectivity index (χ0) is 19.1. The largest absolute Gasteiger partial charge is 0.481 e. The number of hydrogen-bond donors (Lipinski definition) is 3. The number of carboxylic acid groups (broad SMARTS) is 1. The minimum absolute atomic E-state index is 0.0261. The number of likely N-dealkylation sites (tertiary alicyclic amines) is 1. The van der Waals surface area contributed by atoms with Crippen LogP contribution in [0.15, 0.2) is 0 Å². The van der Waals surface area contributed by atoms with E-state index in [-0.39, 0.29) is 29.8 Å². The third-order valence-electron chi connectivity index (χ3n) is 5.38. The van der Waals surface area contributed by atoms with E-state index < -0.39 is 5.97 Å². The average Bonchev–Trinajstić information content (AvgIpc) is 2.60. The Labute approximate surface area is 155 Å². The zero-order valence-corrected chi connectivity index (χ0v) is 16.0. The molecule has 2 aliphatic rings. The first kappa shape index (κ1) is 20.5. The molecule has 1 aliphatic heterocycles. The molecule has 26 heavy (non-hydrogen) atoms. The van der Waals surface area contributed by atoms with Gasteiger partial charge in [0.05, 0.1) is 5.92 Å². The molecule has 1 atom stereocenters. The fourth-order valence-electron chi connectivity index (χ4n) is 3.85. The average molecular weight is 367 g/mol. The van der Waals surface area contributed by atoms with E-state index >= 15 is 0 Å². The molecule has 0 radical (unpaired) electrons. The number of amides is 3. The number of urea groups is 1. The highest BCUT2D eigenvalue weighted by atomic mass is 16.4. The van der Waals surface area contributed by atoms with Crippen LogP contribution in [-0.4, -0.2) is 53.6 Å². The lowest BCUT2D eigenvalue weighted by Crippen LogP contribution is -2.47. The minimum Gasteiger partial charge on any atom is -0.481 e. The Morgan fingerprint density at radius 3 is 2.42 bits per heavy atom. The number of piperidine rings is 1. The quantitative estimate of drug-likeness (QED) is 0.670. The monoisotopic (exact) mass is 367 g/mol. The summed E-state index contributed by atoms with van der Waals surface area (Å²) in [5.74, 6) is -0.351. The molecule has 148 valence electrons. The predicted molar refractivity (Wildman–Crippen MR) is 98.7 cm³/mol. The number of nitrogens with zero attached hydrogens (tertiary/aromatic N) is 1. The van der Waals surface area contributed by atoms with Gasteiger partial charge in [-0.25, -0.2) is 4.79 Å². The first-order valence-corrected chi connectivity index (χ1v) is 9.90. The van der Waals surface area contributed by atoms with Gasteiger partial charge in [0.2, 0.25) is 5.91 Å². The number of rotatable bonds is 6. The molecule has 2 fully saturated rings. The zero-order valence-electron chi connectivity index (χ0n) is 16.0. The third-order valence-corrected chi connectivity index (χ3v) is 5.38. The van der Waals surface area contributed by atoms with Gasteiger partial charge in [0.25, 0.3) is 0 Å². The molecule has 0 bridgehead atoms. The van der Waals surface area contributed by atoms with E-state index in [2.05, 4.69) is 24.5 Å². The summed E-state index contributed by atoms with van der Waals surface area (Å²) in [5.41, 5.74) is 0. The fraction of sp³-hybridized carbons (Fsp3) is 0.842. The molecule has 1 saturated heterocycles. The number of carbonyl (C=O) groups is 3. The van der Waals surface area contributed by atoms with Crippen molar-refractivity contribution in [1.29, 1.82) is 0 Å². The van der Waals surface area contributed by atoms with Gasteiger partial charge in [-0.15, -0.1) is 0 Å². The van der Waals surface area contributed by atoms with Gasteiger partial charge in [-0.05, 0) is 50.4 Å². The number of hydrogen-bond acceptors (Lipinski definition) is 3. The van der Waals surface area contributed by atoms with Crippen LogP contribution in [0.2, 0.25) is 0 Å². The highest BCUT2D eigenvalue weighted by Crippen LogP contribution is 2.25. The standard InChI is InChI=1S/C19H33N3O4/c1-13(2)11-20-19(26)22-9-3-4-14(12-22)10-17(23)21-16-7-5-15(6-8-16)18(24)25/h13-16H,3-12H2,1-2H3,(H,20,26)(H,21,23)(H,24,25). The normalized spacial score (nSPS) is 26.4. The predicted octanol–water partition coefficient (Wildman–Crippen LogP) is 2.21. The van der Waals surface area contributed by atoms with Gasteiger partial charge in [0, 0.05) is 32.1 Å². The Hall–Kier alpha value is -1.79. The van der Waals surface area contributed by atoms with E-state index in [1.54, 1.807) is 0 Å². The molecule has 3 amide bonds. The van der Waals surface area contributed by atoms with Gasteiger partial charge in [0.15, 0.2) is 0 Å². The summed E-state index contributed by atoms with van der Waals surface area (Å²) in [6.07, 6.45) is 5.06. The smallest absolute Gasteiger partial charge is 0.317 e. The second-order valence-corrected chi connectivity index (χ2v) is 8.19. The maximum atomic E-state index is 12.3. The minimum atomic E-state index is -0.729. The van der Waals surface area contributed by atoms with Gasteiger partial charge in [-0.3, -0.25) is 9.59 Å². The highest BCUT2D eigenvalue weighted by molar-refractivity contribution is 5.77. The van der Waals surface area contributed by atoms with Crippen LogP contribution in [0.5, 0.6) is 0 Å². The lowest BCUT2D eigenvalue weighted by atomic mass is 9.86. The number of carbonyl (C=O) groups excluding carboxylic acids is 2. The van der Waals surface area contributed by atoms with E-state index in [0.29, 0.717) is 38.3 Å². The molecule has 1 heterocycles. The lowest BCUT2D eigenvalue weighted by molar-refractivity contribution is -0.142. The Balaban J connectivity index is 1.71. The van der Waals surface area contributed by atoms with Gasteiger partial charge < -0.3 is 20.6 Å². The second kappa shape index (κ2) is 9.78. The summed E-state index contributed by atoms with van der Waals surface area (Å²) in [7, 11) is 0. The van der Waals surface area contributed by atoms with Crippen molar-refractivity contribution in [1.82, 2.24) is 15.5 Å². The van der Waals surface area contributed by atoms with Crippen LogP contribution in [0.4, 0.5) is 4.79 Å². The SMILES string of the molecule is CC(C)CNC(=O)N1CCCC(CC(=O)NC2CCC(C(=O)O)CC2)C1. The number of aliphatic carboxylic acids is 1. The van der Waals surface area contributed by atoms with Crippen molar-refractivity contribution < 1.29 is 19.5 Å². The summed E-state index contributed by atoms with van der Waals surface area (Å²) in [6.45, 7) is 6.17. The van der Waals surface area contributed by atoms with Crippen LogP contribution in [0.1, 0.15) is 58.8 Å². The molecule has 7 nitrogen and oxygen atoms in total. The van der Waals surface area contributed by atoms with Crippen molar-refractivity contribution in [3.63, 3.8) is 0 Å². The van der Waals surface area contributed by atoms with E-state index in [1.165, 1.54) is 0 Å². The lowest BCUT2D eigenvalue weighted by Gasteiger charge is -2.33. The molecule has 1 unspecified atom stereocenters. The van der Waals surface area contributed by atoms with Crippen LogP contribution in [0, 0.1) is 17.8 Å². The van der Waals surface area contributed by atoms with Gasteiger partial charge in [-0.1, -0.05) is 13.8 Å². The van der Waals surface area contributed by atoms with Gasteiger partial charge in [0.1, 0.15) is 0 Å². The summed E-state index contributed by atoms with van der Waals surface area (Å²) in [6, 6.07) is 0.0583. The molecule has 0 aromatic carbocycles. The first-order chi connectivity index (χ1) is 12.3. The van der Waals surface area contributed by atoms with E-state index in [9.17, 15) is 14.4 Å². The molecular formula is C19H33N3O4. The van der Waals surface area contributed by atoms with Crippen LogP contribution in [0.3, 0.4) is 0 Å². The van der Waals surface area contributed by atoms with Crippen molar-refractivity contribution in [2.75, 3.05) is 19.6 Å². The Morgan fingerprint density at radius 1 is 1.12 bits per heavy atom. The maximum absolute atomic E-state index is 12.3. The molecule has 1 aliphatic carbocycles. The highest BCUT2D eigenvalue weighted by Gasteiger charge is 2.29. The number of nitrogens with one attached hydrogen (secondary N) is 2. The van der Waals surface area contributed by atoms with Crippen molar-refractivity contribution in [3.8, 4) is 0 Å². The molecule has 0 spiro atoms. The summed E-state index contributed by atoms with van der Waals surface area (Å²) in [4.78, 5) is 37.4. The fourth-order valence-corrected chi connectivity index (χ4v) is 3.85. The topological polar surface area (TPSA) is 98.7 Å². The van der Waals surface area contributed by atoms with Crippen LogP contribution in [0.25, 0.3) is 0 Å². The van der Waals surface area contributed by atoms with Crippen LogP contribution >= 0.6 is 0 Å². The van der Waals surface area contributed by atoms with Gasteiger partial charge >= 0.3 is 12.0 Å². The summed E-state index contributed by atoms with van der Waals surface area (Å²) in [5, 5.41) is 15.0. The Morgan fingerprint density at radius 2 is 1.81 bits per heavy atom. The Bertz CT molecular complexity index is 501. The molecule has 1 saturated carbocycles. The maximum Gasteiger partial charge on any atom is 0.317 e. The second-order valence-electron chi connectivity index (χ2n) is 8.19. The molecule has 2 rings (SSSR count). The van der Waals surface area contributed by atoms with Crippen molar-refractivity contribution in [3.05, 3.63) is 0 Å². The molecular weight excluding hydrogens is 334 g/mol. The molecule has 7 heteroatoms. The van der Waals surface area contributed by atoms with E-state index in [0.717, 1.165) is 32.2 Å². The first-order valence-electron chi connectivity index (χ1n) is 9.90. The van der Waals surface area contributed by atoms with E-state index in [1.807, 2.05) is 4.90 Å². The van der Waals surface area contributed by atoms with Crippen LogP contribution in [-0.2, 0) is 9.59 Å². The molecule has 3 N–H and O–H groups in total. The third kappa shape index (κ3) is 6.50. The van der Waals surface area contributed by atoms with Gasteiger partial charge in [-0.2, -0.15) is 0 Å².